The van der Waals surface area contributed by atoms with Crippen molar-refractivity contribution in [3.63, 3.8) is 0 Å². The lowest BCUT2D eigenvalue weighted by atomic mass is 10.0. The van der Waals surface area contributed by atoms with E-state index in [1.165, 1.54) is 86.7 Å². The van der Waals surface area contributed by atoms with E-state index in [1.807, 2.05) is 0 Å². The van der Waals surface area contributed by atoms with Crippen LogP contribution in [0.2, 0.25) is 11.6 Å². The molecule has 1 heterocycles. The molecule has 3 rings (SSSR count). The summed E-state index contributed by atoms with van der Waals surface area (Å²) < 4.78 is 1.24. The molecule has 0 bridgehead atoms. The van der Waals surface area contributed by atoms with Crippen molar-refractivity contribution in [2.45, 2.75) is 63.0 Å². The van der Waals surface area contributed by atoms with E-state index in [0.717, 1.165) is 5.54 Å². The van der Waals surface area contributed by atoms with Crippen molar-refractivity contribution >= 4 is 13.3 Å². The van der Waals surface area contributed by atoms with Crippen LogP contribution in [0.5, 0.6) is 0 Å². The molecule has 1 aromatic carbocycles. The van der Waals surface area contributed by atoms with Gasteiger partial charge in [-0.05, 0) is 30.8 Å². The van der Waals surface area contributed by atoms with Crippen LogP contribution in [0.3, 0.4) is 0 Å². The summed E-state index contributed by atoms with van der Waals surface area (Å²) in [6.07, 6.45) is 11.5. The first-order chi connectivity index (χ1) is 11.7. The number of quaternary nitrogens is 1. The molecular formula is C21H36INOSi. The van der Waals surface area contributed by atoms with Crippen LogP contribution in [0, 0.1) is 0 Å². The third-order valence-corrected chi connectivity index (χ3v) is 12.3. The molecule has 2 nitrogen and oxygen atoms in total. The molecule has 0 radical (unpaired) electrons. The van der Waals surface area contributed by atoms with Crippen LogP contribution in [0.4, 0.5) is 0 Å². The Morgan fingerprint density at radius 1 is 0.960 bits per heavy atom. The third kappa shape index (κ3) is 5.08. The molecule has 1 N–H and O–H groups in total. The number of aliphatic hydroxyl groups is 1. The number of nitrogens with zero attached hydrogens (tertiary/aromatic N) is 1. The van der Waals surface area contributed by atoms with Crippen LogP contribution in [0.25, 0.3) is 0 Å². The number of halogens is 1. The standard InChI is InChI=1S/C21H36NOSi.HI/c1-22(15-9-4-10-16-22)17-18-24(19-23,20-11-5-2-6-12-20)21-13-7-3-8-14-21;/h2,5-6,11-12,21,23H,3-4,7-10,13-19H2,1H3;1H/q+1;/p-1/t24-;/m1./s1. The molecule has 142 valence electrons. The molecule has 2 fully saturated rings. The normalized spacial score (nSPS) is 23.4. The van der Waals surface area contributed by atoms with Crippen molar-refractivity contribution in [1.82, 2.24) is 0 Å². The second kappa shape index (κ2) is 9.86. The molecule has 1 atom stereocenters. The van der Waals surface area contributed by atoms with Crippen LogP contribution in [-0.2, 0) is 0 Å². The van der Waals surface area contributed by atoms with Gasteiger partial charge in [0.15, 0.2) is 0 Å². The first-order valence-electron chi connectivity index (χ1n) is 10.2. The lowest BCUT2D eigenvalue weighted by Crippen LogP contribution is -3.00. The van der Waals surface area contributed by atoms with E-state index in [1.54, 1.807) is 0 Å². The summed E-state index contributed by atoms with van der Waals surface area (Å²) in [4.78, 5) is 0. The largest absolute Gasteiger partial charge is 1.00 e. The van der Waals surface area contributed by atoms with Gasteiger partial charge in [0.05, 0.1) is 26.7 Å². The van der Waals surface area contributed by atoms with Gasteiger partial charge in [0, 0.05) is 6.23 Å². The fourth-order valence-electron chi connectivity index (χ4n) is 5.28. The number of aliphatic hydroxyl groups excluding tert-OH is 1. The highest BCUT2D eigenvalue weighted by atomic mass is 127. The summed E-state index contributed by atoms with van der Waals surface area (Å²) in [7, 11) is 0.624. The van der Waals surface area contributed by atoms with Crippen molar-refractivity contribution < 1.29 is 33.6 Å². The Labute approximate surface area is 172 Å². The smallest absolute Gasteiger partial charge is 0.123 e. The van der Waals surface area contributed by atoms with Gasteiger partial charge in [-0.25, -0.2) is 0 Å². The number of benzene rings is 1. The maximum atomic E-state index is 10.7. The zero-order valence-corrected chi connectivity index (χ0v) is 19.1. The van der Waals surface area contributed by atoms with Crippen LogP contribution < -0.4 is 29.2 Å². The molecule has 0 spiro atoms. The van der Waals surface area contributed by atoms with E-state index in [9.17, 15) is 5.11 Å². The molecule has 1 aromatic rings. The second-order valence-corrected chi connectivity index (χ2v) is 13.1. The Hall–Kier alpha value is 0.0869. The van der Waals surface area contributed by atoms with Gasteiger partial charge >= 0.3 is 0 Å². The topological polar surface area (TPSA) is 20.2 Å². The predicted octanol–water partition coefficient (Wildman–Crippen LogP) is 0.843. The van der Waals surface area contributed by atoms with Crippen molar-refractivity contribution in [3.05, 3.63) is 30.3 Å². The van der Waals surface area contributed by atoms with Crippen molar-refractivity contribution in [1.29, 1.82) is 0 Å². The molecule has 1 saturated carbocycles. The van der Waals surface area contributed by atoms with Crippen LogP contribution >= 0.6 is 0 Å². The van der Waals surface area contributed by atoms with Gasteiger partial charge in [-0.15, -0.1) is 0 Å². The lowest BCUT2D eigenvalue weighted by molar-refractivity contribution is -0.912. The van der Waals surface area contributed by atoms with Gasteiger partial charge in [-0.1, -0.05) is 67.6 Å². The summed E-state index contributed by atoms with van der Waals surface area (Å²) in [6, 6.07) is 12.4. The zero-order valence-electron chi connectivity index (χ0n) is 15.9. The summed E-state index contributed by atoms with van der Waals surface area (Å²) in [5, 5.41) is 12.2. The summed E-state index contributed by atoms with van der Waals surface area (Å²) >= 11 is 0. The maximum absolute atomic E-state index is 10.7. The van der Waals surface area contributed by atoms with Gasteiger partial charge in [0.25, 0.3) is 0 Å². The van der Waals surface area contributed by atoms with E-state index in [0.29, 0.717) is 6.23 Å². The van der Waals surface area contributed by atoms with Crippen LogP contribution in [0.15, 0.2) is 30.3 Å². The predicted molar refractivity (Wildman–Crippen MR) is 105 cm³/mol. The SMILES string of the molecule is C[N+]1(CC[Si@@](CO)(c2ccccc2)C2CCCCC2)CCCCC1.[I-]. The molecule has 1 saturated heterocycles. The quantitative estimate of drug-likeness (QED) is 0.369. The van der Waals surface area contributed by atoms with E-state index in [-0.39, 0.29) is 24.0 Å². The second-order valence-electron chi connectivity index (χ2n) is 8.62. The summed E-state index contributed by atoms with van der Waals surface area (Å²) in [5.41, 5.74) is 0.787. The Kier molecular flexibility index (Phi) is 8.43. The summed E-state index contributed by atoms with van der Waals surface area (Å²) in [6.45, 7) is 3.96. The van der Waals surface area contributed by atoms with Gasteiger partial charge in [-0.2, -0.15) is 0 Å². The fraction of sp³-hybridized carbons (Fsp3) is 0.714. The Balaban J connectivity index is 0.00000225. The molecule has 1 aliphatic carbocycles. The molecular weight excluding hydrogens is 437 g/mol. The third-order valence-electron chi connectivity index (χ3n) is 7.01. The Morgan fingerprint density at radius 2 is 1.56 bits per heavy atom. The molecule has 0 aromatic heterocycles. The van der Waals surface area contributed by atoms with Crippen LogP contribution in [-0.4, -0.2) is 50.6 Å². The average molecular weight is 474 g/mol. The van der Waals surface area contributed by atoms with E-state index in [2.05, 4.69) is 37.4 Å². The van der Waals surface area contributed by atoms with Gasteiger partial charge in [0.2, 0.25) is 0 Å². The number of rotatable bonds is 6. The average Bonchev–Trinajstić information content (AvgIpc) is 2.65. The molecule has 25 heavy (non-hydrogen) atoms. The molecule has 2 aliphatic rings. The first kappa shape index (κ1) is 21.4. The first-order valence-corrected chi connectivity index (χ1v) is 12.7. The number of likely N-dealkylation sites (tertiary alicyclic amines) is 1. The van der Waals surface area contributed by atoms with Crippen molar-refractivity contribution in [2.24, 2.45) is 0 Å². The minimum absolute atomic E-state index is 0. The minimum Gasteiger partial charge on any atom is -1.00 e. The highest BCUT2D eigenvalue weighted by Crippen LogP contribution is 2.39. The number of piperidine rings is 1. The molecule has 0 amide bonds. The van der Waals surface area contributed by atoms with Crippen molar-refractivity contribution in [2.75, 3.05) is 32.9 Å². The van der Waals surface area contributed by atoms with Gasteiger partial charge in [-0.3, -0.25) is 0 Å². The fourth-order valence-corrected chi connectivity index (χ4v) is 10.4. The number of hydrogen-bond acceptors (Lipinski definition) is 1. The summed E-state index contributed by atoms with van der Waals surface area (Å²) in [5.74, 6) is 0. The molecule has 4 heteroatoms. The highest BCUT2D eigenvalue weighted by molar-refractivity contribution is 6.93. The minimum atomic E-state index is -1.84. The molecule has 0 unspecified atom stereocenters. The molecule has 1 aliphatic heterocycles. The lowest BCUT2D eigenvalue weighted by Gasteiger charge is -2.44. The monoisotopic (exact) mass is 473 g/mol. The number of hydrogen-bond donors (Lipinski definition) is 1. The van der Waals surface area contributed by atoms with Gasteiger partial charge < -0.3 is 33.6 Å². The maximum Gasteiger partial charge on any atom is 0.123 e. The van der Waals surface area contributed by atoms with Gasteiger partial charge in [0.1, 0.15) is 8.07 Å². The van der Waals surface area contributed by atoms with E-state index >= 15 is 0 Å². The van der Waals surface area contributed by atoms with Crippen molar-refractivity contribution in [3.8, 4) is 0 Å². The Morgan fingerprint density at radius 3 is 2.16 bits per heavy atom. The zero-order chi connectivity index (χ0) is 16.9. The van der Waals surface area contributed by atoms with E-state index < -0.39 is 8.07 Å². The van der Waals surface area contributed by atoms with Crippen LogP contribution in [0.1, 0.15) is 51.4 Å². The Bertz CT molecular complexity index is 500. The highest BCUT2D eigenvalue weighted by Gasteiger charge is 2.44. The van der Waals surface area contributed by atoms with E-state index in [4.69, 9.17) is 0 Å².